The van der Waals surface area contributed by atoms with Crippen LogP contribution in [0.15, 0.2) is 24.3 Å². The molecule has 1 heterocycles. The largest absolute Gasteiger partial charge is 0.493 e. The van der Waals surface area contributed by atoms with Crippen LogP contribution in [0.1, 0.15) is 30.0 Å². The van der Waals surface area contributed by atoms with Crippen LogP contribution in [-0.2, 0) is 11.3 Å². The van der Waals surface area contributed by atoms with Crippen molar-refractivity contribution < 1.29 is 14.3 Å². The van der Waals surface area contributed by atoms with Crippen LogP contribution in [-0.4, -0.2) is 27.5 Å². The third-order valence-corrected chi connectivity index (χ3v) is 2.70. The van der Waals surface area contributed by atoms with E-state index in [1.807, 2.05) is 13.8 Å². The fourth-order valence-corrected chi connectivity index (χ4v) is 1.71. The number of esters is 1. The van der Waals surface area contributed by atoms with E-state index in [1.165, 1.54) is 0 Å². The van der Waals surface area contributed by atoms with E-state index in [0.717, 1.165) is 0 Å². The Kier molecular flexibility index (Phi) is 5.29. The first-order chi connectivity index (χ1) is 10.9. The predicted octanol–water partition coefficient (Wildman–Crippen LogP) is 1.43. The van der Waals surface area contributed by atoms with E-state index in [-0.39, 0.29) is 24.3 Å². The molecule has 1 aromatic carbocycles. The zero-order chi connectivity index (χ0) is 16.8. The van der Waals surface area contributed by atoms with Gasteiger partial charge in [-0.05, 0) is 24.1 Å². The minimum Gasteiger partial charge on any atom is -0.493 e. The van der Waals surface area contributed by atoms with Gasteiger partial charge in [0.05, 0.1) is 12.2 Å². The maximum atomic E-state index is 12.1. The molecule has 23 heavy (non-hydrogen) atoms. The summed E-state index contributed by atoms with van der Waals surface area (Å²) in [5.74, 6) is 0.639. The number of carbonyl (C=O) groups is 1. The van der Waals surface area contributed by atoms with Gasteiger partial charge in [-0.2, -0.15) is 15.0 Å². The van der Waals surface area contributed by atoms with Gasteiger partial charge in [-0.15, -0.1) is 0 Å². The first kappa shape index (κ1) is 16.5. The van der Waals surface area contributed by atoms with Crippen molar-refractivity contribution in [1.29, 1.82) is 0 Å². The van der Waals surface area contributed by atoms with Gasteiger partial charge in [0.25, 0.3) is 0 Å². The highest BCUT2D eigenvalue weighted by molar-refractivity contribution is 5.89. The number of anilines is 2. The Morgan fingerprint density at radius 2 is 1.87 bits per heavy atom. The van der Waals surface area contributed by atoms with Crippen molar-refractivity contribution in [3.63, 3.8) is 0 Å². The molecule has 0 radical (unpaired) electrons. The Hall–Kier alpha value is -2.90. The Labute approximate surface area is 133 Å². The first-order valence-electron chi connectivity index (χ1n) is 7.10. The van der Waals surface area contributed by atoms with Gasteiger partial charge in [0, 0.05) is 0 Å². The molecule has 0 aliphatic heterocycles. The molecule has 8 heteroatoms. The average Bonchev–Trinajstić information content (AvgIpc) is 2.50. The summed E-state index contributed by atoms with van der Waals surface area (Å²) in [5.41, 5.74) is 11.3. The van der Waals surface area contributed by atoms with E-state index in [9.17, 15) is 4.79 Å². The molecule has 0 fully saturated rings. The lowest BCUT2D eigenvalue weighted by molar-refractivity contribution is 0.0461. The SMILES string of the molecule is CC(C)COc1cccc(C(=O)OCc2nc(N)nc(N)n2)c1. The molecule has 2 rings (SSSR count). The third-order valence-electron chi connectivity index (χ3n) is 2.70. The van der Waals surface area contributed by atoms with Gasteiger partial charge >= 0.3 is 5.97 Å². The summed E-state index contributed by atoms with van der Waals surface area (Å²) in [6, 6.07) is 6.78. The van der Waals surface area contributed by atoms with Crippen molar-refractivity contribution >= 4 is 17.9 Å². The molecule has 0 atom stereocenters. The van der Waals surface area contributed by atoms with E-state index in [1.54, 1.807) is 24.3 Å². The monoisotopic (exact) mass is 317 g/mol. The van der Waals surface area contributed by atoms with Gasteiger partial charge < -0.3 is 20.9 Å². The van der Waals surface area contributed by atoms with Gasteiger partial charge in [0.15, 0.2) is 12.4 Å². The maximum Gasteiger partial charge on any atom is 0.338 e. The van der Waals surface area contributed by atoms with E-state index >= 15 is 0 Å². The number of hydrogen-bond acceptors (Lipinski definition) is 8. The smallest absolute Gasteiger partial charge is 0.338 e. The van der Waals surface area contributed by atoms with Crippen LogP contribution in [0.25, 0.3) is 0 Å². The van der Waals surface area contributed by atoms with Crippen LogP contribution in [0.2, 0.25) is 0 Å². The highest BCUT2D eigenvalue weighted by Gasteiger charge is 2.11. The lowest BCUT2D eigenvalue weighted by Crippen LogP contribution is -2.11. The number of ether oxygens (including phenoxy) is 2. The molecule has 0 aliphatic carbocycles. The van der Waals surface area contributed by atoms with E-state index < -0.39 is 5.97 Å². The number of benzene rings is 1. The third kappa shape index (κ3) is 5.10. The molecule has 0 saturated carbocycles. The highest BCUT2D eigenvalue weighted by Crippen LogP contribution is 2.15. The first-order valence-corrected chi connectivity index (χ1v) is 7.10. The molecule has 2 aromatic rings. The molecule has 0 saturated heterocycles. The molecule has 0 aliphatic rings. The predicted molar refractivity (Wildman–Crippen MR) is 84.5 cm³/mol. The van der Waals surface area contributed by atoms with Crippen LogP contribution in [0.4, 0.5) is 11.9 Å². The van der Waals surface area contributed by atoms with Crippen molar-refractivity contribution in [1.82, 2.24) is 15.0 Å². The molecular weight excluding hydrogens is 298 g/mol. The van der Waals surface area contributed by atoms with Gasteiger partial charge in [-0.25, -0.2) is 4.79 Å². The van der Waals surface area contributed by atoms with Crippen LogP contribution >= 0.6 is 0 Å². The molecular formula is C15H19N5O3. The van der Waals surface area contributed by atoms with Crippen molar-refractivity contribution in [2.45, 2.75) is 20.5 Å². The van der Waals surface area contributed by atoms with Gasteiger partial charge in [0.1, 0.15) is 5.75 Å². The van der Waals surface area contributed by atoms with Crippen molar-refractivity contribution in [3.8, 4) is 5.75 Å². The van der Waals surface area contributed by atoms with Gasteiger partial charge in [-0.3, -0.25) is 0 Å². The van der Waals surface area contributed by atoms with Gasteiger partial charge in [-0.1, -0.05) is 19.9 Å². The minimum atomic E-state index is -0.516. The minimum absolute atomic E-state index is 0.0207. The molecule has 0 amide bonds. The van der Waals surface area contributed by atoms with Crippen LogP contribution in [0.5, 0.6) is 5.75 Å². The van der Waals surface area contributed by atoms with Crippen LogP contribution in [0, 0.1) is 5.92 Å². The maximum absolute atomic E-state index is 12.1. The number of nitrogen functional groups attached to an aromatic ring is 2. The number of hydrogen-bond donors (Lipinski definition) is 2. The summed E-state index contributed by atoms with van der Waals surface area (Å²) in [7, 11) is 0. The Morgan fingerprint density at radius 1 is 1.17 bits per heavy atom. The zero-order valence-electron chi connectivity index (χ0n) is 13.0. The number of rotatable bonds is 6. The zero-order valence-corrected chi connectivity index (χ0v) is 13.0. The van der Waals surface area contributed by atoms with Crippen molar-refractivity contribution in [2.75, 3.05) is 18.1 Å². The summed E-state index contributed by atoms with van der Waals surface area (Å²) >= 11 is 0. The summed E-state index contributed by atoms with van der Waals surface area (Å²) in [5, 5.41) is 0. The second kappa shape index (κ2) is 7.39. The number of carbonyl (C=O) groups excluding carboxylic acids is 1. The summed E-state index contributed by atoms with van der Waals surface area (Å²) in [4.78, 5) is 23.4. The topological polar surface area (TPSA) is 126 Å². The molecule has 8 nitrogen and oxygen atoms in total. The number of aromatic nitrogens is 3. The van der Waals surface area contributed by atoms with E-state index in [4.69, 9.17) is 20.9 Å². The summed E-state index contributed by atoms with van der Waals surface area (Å²) < 4.78 is 10.7. The Bertz CT molecular complexity index is 670. The molecule has 4 N–H and O–H groups in total. The van der Waals surface area contributed by atoms with Gasteiger partial charge in [0.2, 0.25) is 11.9 Å². The van der Waals surface area contributed by atoms with Crippen LogP contribution < -0.4 is 16.2 Å². The number of nitrogens with zero attached hydrogens (tertiary/aromatic N) is 3. The van der Waals surface area contributed by atoms with E-state index in [2.05, 4.69) is 15.0 Å². The molecule has 1 aromatic heterocycles. The quantitative estimate of drug-likeness (QED) is 0.766. The normalized spacial score (nSPS) is 10.6. The second-order valence-electron chi connectivity index (χ2n) is 5.28. The fraction of sp³-hybridized carbons (Fsp3) is 0.333. The number of nitrogens with two attached hydrogens (primary N) is 2. The summed E-state index contributed by atoms with van der Waals surface area (Å²) in [6.07, 6.45) is 0. The van der Waals surface area contributed by atoms with Crippen molar-refractivity contribution in [3.05, 3.63) is 35.7 Å². The lowest BCUT2D eigenvalue weighted by atomic mass is 10.2. The Balaban J connectivity index is 1.98. The summed E-state index contributed by atoms with van der Waals surface area (Å²) in [6.45, 7) is 4.52. The standard InChI is InChI=1S/C15H19N5O3/c1-9(2)7-22-11-5-3-4-10(6-11)13(21)23-8-12-18-14(16)20-15(17)19-12/h3-6,9H,7-8H2,1-2H3,(H4,16,17,18,19,20). The fourth-order valence-electron chi connectivity index (χ4n) is 1.71. The molecule has 0 unspecified atom stereocenters. The Morgan fingerprint density at radius 3 is 2.52 bits per heavy atom. The van der Waals surface area contributed by atoms with Crippen LogP contribution in [0.3, 0.4) is 0 Å². The second-order valence-corrected chi connectivity index (χ2v) is 5.28. The van der Waals surface area contributed by atoms with Crippen molar-refractivity contribution in [2.24, 2.45) is 5.92 Å². The molecule has 0 spiro atoms. The molecule has 0 bridgehead atoms. The molecule has 122 valence electrons. The average molecular weight is 317 g/mol. The van der Waals surface area contributed by atoms with E-state index in [0.29, 0.717) is 23.8 Å². The highest BCUT2D eigenvalue weighted by atomic mass is 16.5. The lowest BCUT2D eigenvalue weighted by Gasteiger charge is -2.10.